The van der Waals surface area contributed by atoms with E-state index in [4.69, 9.17) is 0 Å². The molecular formula is C28H54. The van der Waals surface area contributed by atoms with E-state index in [2.05, 4.69) is 25.7 Å². The van der Waals surface area contributed by atoms with E-state index in [1.54, 1.807) is 0 Å². The molecule has 0 aromatic heterocycles. The molecule has 0 atom stereocenters. The molecule has 0 aliphatic carbocycles. The Labute approximate surface area is 180 Å². The molecule has 0 N–H and O–H groups in total. The maximum absolute atomic E-state index is 3.37. The van der Waals surface area contributed by atoms with Crippen molar-refractivity contribution >= 4 is 0 Å². The van der Waals surface area contributed by atoms with Gasteiger partial charge in [-0.2, -0.15) is 0 Å². The highest BCUT2D eigenvalue weighted by atomic mass is 14.0. The maximum atomic E-state index is 3.37. The molecule has 0 spiro atoms. The minimum Gasteiger partial charge on any atom is -0.103 e. The second-order valence-corrected chi connectivity index (χ2v) is 8.92. The van der Waals surface area contributed by atoms with Crippen LogP contribution in [0.25, 0.3) is 0 Å². The fourth-order valence-electron chi connectivity index (χ4n) is 3.93. The summed E-state index contributed by atoms with van der Waals surface area (Å²) in [5.74, 6) is 6.72. The summed E-state index contributed by atoms with van der Waals surface area (Å²) in [5.41, 5.74) is 0. The molecule has 0 fully saturated rings. The van der Waals surface area contributed by atoms with Gasteiger partial charge >= 0.3 is 0 Å². The third kappa shape index (κ3) is 25.6. The van der Waals surface area contributed by atoms with Crippen molar-refractivity contribution in [2.45, 2.75) is 168 Å². The Kier molecular flexibility index (Phi) is 26.1. The summed E-state index contributed by atoms with van der Waals surface area (Å²) in [6.07, 6.45) is 33.7. The van der Waals surface area contributed by atoms with Crippen molar-refractivity contribution in [2.24, 2.45) is 0 Å². The summed E-state index contributed by atoms with van der Waals surface area (Å²) < 4.78 is 0. The van der Waals surface area contributed by atoms with Crippen LogP contribution in [0.15, 0.2) is 0 Å². The van der Waals surface area contributed by atoms with E-state index in [0.717, 1.165) is 12.8 Å². The predicted molar refractivity (Wildman–Crippen MR) is 130 cm³/mol. The molecule has 0 nitrogen and oxygen atoms in total. The van der Waals surface area contributed by atoms with Gasteiger partial charge in [-0.05, 0) is 12.8 Å². The monoisotopic (exact) mass is 390 g/mol. The number of hydrogen-bond acceptors (Lipinski definition) is 0. The maximum Gasteiger partial charge on any atom is 0.00886 e. The standard InChI is InChI=1S/C28H54/c1-3-5-7-9-11-13-15-17-19-21-23-25-27-28-26-24-22-20-18-16-14-12-10-8-6-4-2/h3-13,15,17-28H2,1-2H3. The quantitative estimate of drug-likeness (QED) is 0.127. The largest absolute Gasteiger partial charge is 0.103 e. The lowest BCUT2D eigenvalue weighted by Crippen LogP contribution is -1.84. The van der Waals surface area contributed by atoms with Crippen molar-refractivity contribution in [1.82, 2.24) is 0 Å². The second kappa shape index (κ2) is 26.6. The van der Waals surface area contributed by atoms with Crippen molar-refractivity contribution in [1.29, 1.82) is 0 Å². The predicted octanol–water partition coefficient (Wildman–Crippen LogP) is 10.4. The van der Waals surface area contributed by atoms with E-state index in [9.17, 15) is 0 Å². The molecule has 0 heteroatoms. The van der Waals surface area contributed by atoms with Gasteiger partial charge in [0.25, 0.3) is 0 Å². The Hall–Kier alpha value is -0.440. The fourth-order valence-corrected chi connectivity index (χ4v) is 3.93. The minimum absolute atomic E-state index is 1.12. The van der Waals surface area contributed by atoms with Gasteiger partial charge in [0, 0.05) is 12.8 Å². The average Bonchev–Trinajstić information content (AvgIpc) is 2.71. The first kappa shape index (κ1) is 27.6. The van der Waals surface area contributed by atoms with Crippen LogP contribution in [-0.2, 0) is 0 Å². The lowest BCUT2D eigenvalue weighted by molar-refractivity contribution is 0.525. The van der Waals surface area contributed by atoms with E-state index in [1.807, 2.05) is 0 Å². The lowest BCUT2D eigenvalue weighted by atomic mass is 10.0. The highest BCUT2D eigenvalue weighted by Crippen LogP contribution is 2.14. The normalized spacial score (nSPS) is 10.8. The van der Waals surface area contributed by atoms with Gasteiger partial charge in [-0.3, -0.25) is 0 Å². The lowest BCUT2D eigenvalue weighted by Gasteiger charge is -2.03. The van der Waals surface area contributed by atoms with Crippen LogP contribution in [0.2, 0.25) is 0 Å². The zero-order valence-corrected chi connectivity index (χ0v) is 20.0. The Morgan fingerprint density at radius 3 is 0.786 bits per heavy atom. The number of hydrogen-bond donors (Lipinski definition) is 0. The molecule has 0 aliphatic rings. The van der Waals surface area contributed by atoms with Crippen molar-refractivity contribution in [3.8, 4) is 11.8 Å². The number of rotatable bonds is 22. The van der Waals surface area contributed by atoms with Gasteiger partial charge in [0.05, 0.1) is 0 Å². The van der Waals surface area contributed by atoms with Crippen molar-refractivity contribution < 1.29 is 0 Å². The van der Waals surface area contributed by atoms with Crippen LogP contribution in [0.5, 0.6) is 0 Å². The highest BCUT2D eigenvalue weighted by molar-refractivity contribution is 4.98. The molecule has 0 aliphatic heterocycles. The SMILES string of the molecule is CCCCCCC#CCCCCCCCCCCCCCCCCCCCC. The average molecular weight is 391 g/mol. The van der Waals surface area contributed by atoms with Gasteiger partial charge in [0.15, 0.2) is 0 Å². The van der Waals surface area contributed by atoms with Crippen LogP contribution in [0.1, 0.15) is 168 Å². The molecular weight excluding hydrogens is 336 g/mol. The van der Waals surface area contributed by atoms with Gasteiger partial charge in [0.2, 0.25) is 0 Å². The topological polar surface area (TPSA) is 0 Å². The molecule has 0 radical (unpaired) electrons. The summed E-state index contributed by atoms with van der Waals surface area (Å²) >= 11 is 0. The molecule has 0 saturated carbocycles. The van der Waals surface area contributed by atoms with Crippen molar-refractivity contribution in [2.75, 3.05) is 0 Å². The molecule has 0 heterocycles. The molecule has 0 aromatic rings. The first-order valence-electron chi connectivity index (χ1n) is 13.4. The zero-order valence-electron chi connectivity index (χ0n) is 20.0. The van der Waals surface area contributed by atoms with Crippen LogP contribution >= 0.6 is 0 Å². The van der Waals surface area contributed by atoms with Crippen LogP contribution in [0, 0.1) is 11.8 Å². The smallest absolute Gasteiger partial charge is 0.00886 e. The molecule has 0 amide bonds. The molecule has 0 aromatic carbocycles. The molecule has 166 valence electrons. The molecule has 0 rings (SSSR count). The first-order chi connectivity index (χ1) is 13.9. The van der Waals surface area contributed by atoms with E-state index in [-0.39, 0.29) is 0 Å². The summed E-state index contributed by atoms with van der Waals surface area (Å²) in [5, 5.41) is 0. The Morgan fingerprint density at radius 1 is 0.286 bits per heavy atom. The van der Waals surface area contributed by atoms with Crippen LogP contribution < -0.4 is 0 Å². The van der Waals surface area contributed by atoms with Crippen molar-refractivity contribution in [3.05, 3.63) is 0 Å². The zero-order chi connectivity index (χ0) is 20.4. The van der Waals surface area contributed by atoms with Gasteiger partial charge in [-0.15, -0.1) is 11.8 Å². The van der Waals surface area contributed by atoms with E-state index in [0.29, 0.717) is 0 Å². The molecule has 0 bridgehead atoms. The van der Waals surface area contributed by atoms with Gasteiger partial charge in [-0.1, -0.05) is 142 Å². The summed E-state index contributed by atoms with van der Waals surface area (Å²) in [6.45, 7) is 4.57. The summed E-state index contributed by atoms with van der Waals surface area (Å²) in [7, 11) is 0. The third-order valence-electron chi connectivity index (χ3n) is 5.94. The van der Waals surface area contributed by atoms with Gasteiger partial charge in [-0.25, -0.2) is 0 Å². The van der Waals surface area contributed by atoms with Crippen LogP contribution in [0.4, 0.5) is 0 Å². The molecule has 28 heavy (non-hydrogen) atoms. The summed E-state index contributed by atoms with van der Waals surface area (Å²) in [6, 6.07) is 0. The third-order valence-corrected chi connectivity index (χ3v) is 5.94. The first-order valence-corrected chi connectivity index (χ1v) is 13.4. The van der Waals surface area contributed by atoms with E-state index < -0.39 is 0 Å². The second-order valence-electron chi connectivity index (χ2n) is 8.92. The van der Waals surface area contributed by atoms with E-state index >= 15 is 0 Å². The number of unbranched alkanes of at least 4 members (excludes halogenated alkanes) is 22. The Balaban J connectivity index is 3.04. The highest BCUT2D eigenvalue weighted by Gasteiger charge is 1.95. The Bertz CT molecular complexity index is 319. The van der Waals surface area contributed by atoms with Crippen LogP contribution in [-0.4, -0.2) is 0 Å². The molecule has 0 unspecified atom stereocenters. The minimum atomic E-state index is 1.12. The van der Waals surface area contributed by atoms with Crippen molar-refractivity contribution in [3.63, 3.8) is 0 Å². The van der Waals surface area contributed by atoms with E-state index in [1.165, 1.54) is 141 Å². The van der Waals surface area contributed by atoms with Gasteiger partial charge < -0.3 is 0 Å². The van der Waals surface area contributed by atoms with Crippen LogP contribution in [0.3, 0.4) is 0 Å². The Morgan fingerprint density at radius 2 is 0.500 bits per heavy atom. The summed E-state index contributed by atoms with van der Waals surface area (Å²) in [4.78, 5) is 0. The molecule has 0 saturated heterocycles. The van der Waals surface area contributed by atoms with Gasteiger partial charge in [0.1, 0.15) is 0 Å². The fraction of sp³-hybridized carbons (Fsp3) is 0.929.